The first-order valence-electron chi connectivity index (χ1n) is 9.43. The minimum atomic E-state index is -2.98. The molecule has 1 unspecified atom stereocenters. The highest BCUT2D eigenvalue weighted by Gasteiger charge is 2.65. The number of aryl methyl sites for hydroxylation is 1. The SMILES string of the molecule is COc1ccc(CN2C(=O)c3c(C)cc(Br)cc3C23CCCCC3(F)F)cc1. The summed E-state index contributed by atoms with van der Waals surface area (Å²) >= 11 is 3.44. The molecule has 4 rings (SSSR count). The third-order valence-electron chi connectivity index (χ3n) is 6.05. The number of carbonyl (C=O) groups excluding carboxylic acids is 1. The van der Waals surface area contributed by atoms with Crippen LogP contribution in [0.1, 0.15) is 52.7 Å². The van der Waals surface area contributed by atoms with Crippen LogP contribution in [0.15, 0.2) is 40.9 Å². The zero-order valence-corrected chi connectivity index (χ0v) is 17.5. The molecule has 2 aliphatic rings. The number of benzene rings is 2. The Morgan fingerprint density at radius 1 is 1.14 bits per heavy atom. The summed E-state index contributed by atoms with van der Waals surface area (Å²) in [5, 5.41) is 0. The van der Waals surface area contributed by atoms with Gasteiger partial charge < -0.3 is 9.64 Å². The van der Waals surface area contributed by atoms with E-state index < -0.39 is 11.5 Å². The van der Waals surface area contributed by atoms with Crippen LogP contribution < -0.4 is 4.74 Å². The number of halogens is 3. The molecular formula is C22H22BrF2NO2. The monoisotopic (exact) mass is 449 g/mol. The molecule has 1 spiro atoms. The average Bonchev–Trinajstić information content (AvgIpc) is 2.88. The Morgan fingerprint density at radius 2 is 1.82 bits per heavy atom. The van der Waals surface area contributed by atoms with Gasteiger partial charge in [0.15, 0.2) is 0 Å². The molecule has 0 aromatic heterocycles. The maximum atomic E-state index is 15.5. The Hall–Kier alpha value is -1.95. The Balaban J connectivity index is 1.86. The molecule has 0 N–H and O–H groups in total. The second-order valence-electron chi connectivity index (χ2n) is 7.66. The minimum Gasteiger partial charge on any atom is -0.497 e. The number of methoxy groups -OCH3 is 1. The van der Waals surface area contributed by atoms with Crippen molar-refractivity contribution >= 4 is 21.8 Å². The molecule has 1 heterocycles. The Bertz CT molecular complexity index is 929. The lowest BCUT2D eigenvalue weighted by molar-refractivity contribution is -0.160. The van der Waals surface area contributed by atoms with Crippen molar-refractivity contribution < 1.29 is 18.3 Å². The Labute approximate surface area is 171 Å². The van der Waals surface area contributed by atoms with Gasteiger partial charge in [0.05, 0.1) is 7.11 Å². The van der Waals surface area contributed by atoms with E-state index in [9.17, 15) is 4.79 Å². The summed E-state index contributed by atoms with van der Waals surface area (Å²) in [6.45, 7) is 1.96. The third kappa shape index (κ3) is 2.76. The molecule has 3 nitrogen and oxygen atoms in total. The van der Waals surface area contributed by atoms with Gasteiger partial charge in [0.25, 0.3) is 11.8 Å². The van der Waals surface area contributed by atoms with E-state index in [-0.39, 0.29) is 25.3 Å². The number of nitrogens with zero attached hydrogens (tertiary/aromatic N) is 1. The van der Waals surface area contributed by atoms with Gasteiger partial charge in [-0.1, -0.05) is 34.5 Å². The fourth-order valence-corrected chi connectivity index (χ4v) is 5.28. The van der Waals surface area contributed by atoms with Crippen molar-refractivity contribution in [2.45, 2.75) is 50.6 Å². The quantitative estimate of drug-likeness (QED) is 0.589. The fraction of sp³-hybridized carbons (Fsp3) is 0.409. The minimum absolute atomic E-state index is 0.143. The predicted molar refractivity (Wildman–Crippen MR) is 107 cm³/mol. The van der Waals surface area contributed by atoms with Crippen molar-refractivity contribution in [3.05, 3.63) is 63.1 Å². The zero-order valence-electron chi connectivity index (χ0n) is 15.9. The molecule has 2 aromatic rings. The van der Waals surface area contributed by atoms with Gasteiger partial charge in [-0.3, -0.25) is 4.79 Å². The normalized spacial score (nSPS) is 23.2. The van der Waals surface area contributed by atoms with Crippen molar-refractivity contribution in [3.8, 4) is 5.75 Å². The van der Waals surface area contributed by atoms with E-state index in [2.05, 4.69) is 15.9 Å². The van der Waals surface area contributed by atoms with Crippen LogP contribution >= 0.6 is 15.9 Å². The molecule has 1 aliphatic carbocycles. The molecule has 1 fully saturated rings. The number of fused-ring (bicyclic) bond motifs is 2. The smallest absolute Gasteiger partial charge is 0.275 e. The molecule has 0 radical (unpaired) electrons. The number of ether oxygens (including phenoxy) is 1. The van der Waals surface area contributed by atoms with Crippen molar-refractivity contribution in [1.29, 1.82) is 0 Å². The maximum Gasteiger partial charge on any atom is 0.275 e. The van der Waals surface area contributed by atoms with Crippen LogP contribution in [0.2, 0.25) is 0 Å². The van der Waals surface area contributed by atoms with E-state index in [1.807, 2.05) is 25.1 Å². The summed E-state index contributed by atoms with van der Waals surface area (Å²) in [6, 6.07) is 10.8. The van der Waals surface area contributed by atoms with Crippen LogP contribution in [0.25, 0.3) is 0 Å². The molecule has 6 heteroatoms. The molecule has 1 atom stereocenters. The molecule has 148 valence electrons. The number of alkyl halides is 2. The summed E-state index contributed by atoms with van der Waals surface area (Å²) in [7, 11) is 1.58. The number of hydrogen-bond donors (Lipinski definition) is 0. The molecule has 0 bridgehead atoms. The van der Waals surface area contributed by atoms with Gasteiger partial charge in [-0.25, -0.2) is 8.78 Å². The van der Waals surface area contributed by atoms with Crippen molar-refractivity contribution in [2.75, 3.05) is 7.11 Å². The lowest BCUT2D eigenvalue weighted by Crippen LogP contribution is -2.57. The summed E-state index contributed by atoms with van der Waals surface area (Å²) in [5.74, 6) is -2.60. The van der Waals surface area contributed by atoms with Gasteiger partial charge in [-0.15, -0.1) is 0 Å². The lowest BCUT2D eigenvalue weighted by Gasteiger charge is -2.47. The van der Waals surface area contributed by atoms with Crippen LogP contribution in [0.4, 0.5) is 8.78 Å². The van der Waals surface area contributed by atoms with Gasteiger partial charge >= 0.3 is 0 Å². The third-order valence-corrected chi connectivity index (χ3v) is 6.51. The van der Waals surface area contributed by atoms with Gasteiger partial charge in [-0.05, 0) is 60.7 Å². The number of rotatable bonds is 3. The fourth-order valence-electron chi connectivity index (χ4n) is 4.71. The topological polar surface area (TPSA) is 29.5 Å². The molecule has 2 aromatic carbocycles. The van der Waals surface area contributed by atoms with E-state index >= 15 is 8.78 Å². The van der Waals surface area contributed by atoms with Crippen LogP contribution in [0.5, 0.6) is 5.75 Å². The Morgan fingerprint density at radius 3 is 2.46 bits per heavy atom. The summed E-state index contributed by atoms with van der Waals surface area (Å²) in [6.07, 6.45) is 1.21. The highest BCUT2D eigenvalue weighted by molar-refractivity contribution is 9.10. The van der Waals surface area contributed by atoms with E-state index in [1.54, 1.807) is 25.3 Å². The number of hydrogen-bond acceptors (Lipinski definition) is 2. The Kier molecular flexibility index (Phi) is 4.73. The van der Waals surface area contributed by atoms with E-state index in [1.165, 1.54) is 4.90 Å². The van der Waals surface area contributed by atoms with Gasteiger partial charge in [0.2, 0.25) is 0 Å². The van der Waals surface area contributed by atoms with E-state index in [0.29, 0.717) is 29.7 Å². The summed E-state index contributed by atoms with van der Waals surface area (Å²) < 4.78 is 36.9. The maximum absolute atomic E-state index is 15.5. The average molecular weight is 450 g/mol. The molecular weight excluding hydrogens is 428 g/mol. The second-order valence-corrected chi connectivity index (χ2v) is 8.57. The first-order chi connectivity index (χ1) is 13.3. The van der Waals surface area contributed by atoms with Crippen LogP contribution in [-0.4, -0.2) is 23.8 Å². The summed E-state index contributed by atoms with van der Waals surface area (Å²) in [4.78, 5) is 14.8. The molecule has 28 heavy (non-hydrogen) atoms. The molecule has 0 saturated heterocycles. The van der Waals surface area contributed by atoms with Crippen molar-refractivity contribution in [2.24, 2.45) is 0 Å². The number of amides is 1. The van der Waals surface area contributed by atoms with Crippen molar-refractivity contribution in [1.82, 2.24) is 4.90 Å². The first-order valence-corrected chi connectivity index (χ1v) is 10.2. The van der Waals surface area contributed by atoms with Crippen molar-refractivity contribution in [3.63, 3.8) is 0 Å². The lowest BCUT2D eigenvalue weighted by atomic mass is 9.73. The van der Waals surface area contributed by atoms with Crippen LogP contribution in [0.3, 0.4) is 0 Å². The molecule has 1 saturated carbocycles. The van der Waals surface area contributed by atoms with Gasteiger partial charge in [0, 0.05) is 23.0 Å². The predicted octanol–water partition coefficient (Wildman–Crippen LogP) is 5.83. The highest BCUT2D eigenvalue weighted by Crippen LogP contribution is 2.57. The zero-order chi connectivity index (χ0) is 20.1. The molecule has 1 amide bonds. The van der Waals surface area contributed by atoms with E-state index in [0.717, 1.165) is 15.6 Å². The largest absolute Gasteiger partial charge is 0.497 e. The molecule has 1 aliphatic heterocycles. The highest BCUT2D eigenvalue weighted by atomic mass is 79.9. The van der Waals surface area contributed by atoms with Gasteiger partial charge in [-0.2, -0.15) is 0 Å². The van der Waals surface area contributed by atoms with E-state index in [4.69, 9.17) is 4.74 Å². The van der Waals surface area contributed by atoms with Gasteiger partial charge in [0.1, 0.15) is 11.3 Å². The standard InChI is InChI=1S/C22H22BrF2NO2/c1-14-11-16(23)12-18-19(14)20(27)26(13-15-5-7-17(28-2)8-6-15)21(18)9-3-4-10-22(21,24)25/h5-8,11-12H,3-4,9-10,13H2,1-2H3. The van der Waals surface area contributed by atoms with Crippen LogP contribution in [0, 0.1) is 6.92 Å². The summed E-state index contributed by atoms with van der Waals surface area (Å²) in [5.41, 5.74) is 0.833. The van der Waals surface area contributed by atoms with Crippen LogP contribution in [-0.2, 0) is 12.1 Å². The number of carbonyl (C=O) groups is 1. The second kappa shape index (κ2) is 6.83. The first kappa shape index (κ1) is 19.4.